The average molecular weight is 307 g/mol. The molecule has 4 nitrogen and oxygen atoms in total. The molecule has 4 heteroatoms. The van der Waals surface area contributed by atoms with Crippen LogP contribution in [0.5, 0.6) is 5.75 Å². The van der Waals surface area contributed by atoms with Crippen LogP contribution in [0.15, 0.2) is 60.9 Å². The van der Waals surface area contributed by atoms with Crippen LogP contribution in [0.1, 0.15) is 11.1 Å². The zero-order valence-corrected chi connectivity index (χ0v) is 13.3. The van der Waals surface area contributed by atoms with Gasteiger partial charge in [-0.05, 0) is 35.7 Å². The summed E-state index contributed by atoms with van der Waals surface area (Å²) in [5.74, 6) is 0.879. The molecule has 0 saturated carbocycles. The predicted molar refractivity (Wildman–Crippen MR) is 92.2 cm³/mol. The van der Waals surface area contributed by atoms with Gasteiger partial charge in [0, 0.05) is 18.3 Å². The van der Waals surface area contributed by atoms with Crippen LogP contribution in [0, 0.1) is 6.92 Å². The minimum absolute atomic E-state index is 0.577. The quantitative estimate of drug-likeness (QED) is 0.759. The Labute approximate surface area is 136 Å². The van der Waals surface area contributed by atoms with Crippen LogP contribution in [-0.4, -0.2) is 16.3 Å². The fraction of sp³-hybridized carbons (Fsp3) is 0.211. The summed E-state index contributed by atoms with van der Waals surface area (Å²) in [7, 11) is 0. The Morgan fingerprint density at radius 1 is 1.13 bits per heavy atom. The van der Waals surface area contributed by atoms with Gasteiger partial charge in [-0.1, -0.05) is 36.4 Å². The minimum atomic E-state index is 0.577. The van der Waals surface area contributed by atoms with Crippen LogP contribution >= 0.6 is 0 Å². The second-order valence-electron chi connectivity index (χ2n) is 5.53. The zero-order chi connectivity index (χ0) is 16.1. The number of aryl methyl sites for hydroxylation is 1. The van der Waals surface area contributed by atoms with Crippen molar-refractivity contribution in [3.05, 3.63) is 72.1 Å². The zero-order valence-electron chi connectivity index (χ0n) is 13.3. The van der Waals surface area contributed by atoms with Crippen LogP contribution in [0.25, 0.3) is 11.1 Å². The molecule has 3 aromatic rings. The molecule has 0 saturated heterocycles. The van der Waals surface area contributed by atoms with E-state index in [9.17, 15) is 0 Å². The summed E-state index contributed by atoms with van der Waals surface area (Å²) in [6.07, 6.45) is 3.90. The molecule has 0 aliphatic heterocycles. The first-order valence-electron chi connectivity index (χ1n) is 7.76. The Morgan fingerprint density at radius 3 is 2.70 bits per heavy atom. The van der Waals surface area contributed by atoms with E-state index in [1.807, 2.05) is 41.3 Å². The van der Waals surface area contributed by atoms with Crippen molar-refractivity contribution < 1.29 is 4.74 Å². The summed E-state index contributed by atoms with van der Waals surface area (Å²) in [5, 5.41) is 4.33. The highest BCUT2D eigenvalue weighted by atomic mass is 16.5. The Morgan fingerprint density at radius 2 is 1.96 bits per heavy atom. The fourth-order valence-corrected chi connectivity index (χ4v) is 2.55. The number of ether oxygens (including phenoxy) is 1. The molecule has 0 bridgehead atoms. The number of hydrogen-bond acceptors (Lipinski definition) is 3. The number of rotatable bonds is 6. The van der Waals surface area contributed by atoms with Crippen molar-refractivity contribution >= 4 is 0 Å². The highest BCUT2D eigenvalue weighted by Crippen LogP contribution is 2.27. The normalized spacial score (nSPS) is 10.7. The lowest BCUT2D eigenvalue weighted by Gasteiger charge is -2.09. The van der Waals surface area contributed by atoms with E-state index in [0.29, 0.717) is 13.2 Å². The van der Waals surface area contributed by atoms with Gasteiger partial charge >= 0.3 is 0 Å². The van der Waals surface area contributed by atoms with E-state index in [1.54, 1.807) is 0 Å². The van der Waals surface area contributed by atoms with Crippen LogP contribution in [-0.2, 0) is 13.2 Å². The van der Waals surface area contributed by atoms with Gasteiger partial charge < -0.3 is 10.5 Å². The lowest BCUT2D eigenvalue weighted by atomic mass is 10.0. The average Bonchev–Trinajstić information content (AvgIpc) is 3.03. The summed E-state index contributed by atoms with van der Waals surface area (Å²) in [5.41, 5.74) is 10.2. The molecule has 1 aromatic heterocycles. The van der Waals surface area contributed by atoms with Gasteiger partial charge in [0.05, 0.1) is 12.7 Å². The second-order valence-corrected chi connectivity index (χ2v) is 5.53. The lowest BCUT2D eigenvalue weighted by molar-refractivity contribution is 0.306. The third-order valence-electron chi connectivity index (χ3n) is 3.75. The van der Waals surface area contributed by atoms with Gasteiger partial charge in [-0.25, -0.2) is 0 Å². The molecule has 0 fully saturated rings. The van der Waals surface area contributed by atoms with Crippen molar-refractivity contribution in [1.82, 2.24) is 9.78 Å². The van der Waals surface area contributed by atoms with Crippen molar-refractivity contribution in [3.63, 3.8) is 0 Å². The molecular weight excluding hydrogens is 286 g/mol. The smallest absolute Gasteiger partial charge is 0.120 e. The molecule has 0 aliphatic rings. The molecule has 1 heterocycles. The summed E-state index contributed by atoms with van der Waals surface area (Å²) < 4.78 is 7.74. The summed E-state index contributed by atoms with van der Waals surface area (Å²) in [6.45, 7) is 3.99. The standard InChI is InChI=1S/C19H21N3O/c1-15-11-18(23-14-16-5-3-2-4-6-16)7-8-19(15)17-12-21-22(13-17)10-9-20/h2-8,11-13H,9-10,14,20H2,1H3. The van der Waals surface area contributed by atoms with E-state index in [-0.39, 0.29) is 0 Å². The molecule has 23 heavy (non-hydrogen) atoms. The van der Waals surface area contributed by atoms with Gasteiger partial charge in [0.25, 0.3) is 0 Å². The SMILES string of the molecule is Cc1cc(OCc2ccccc2)ccc1-c1cnn(CCN)c1. The Bertz CT molecular complexity index is 765. The number of nitrogens with zero attached hydrogens (tertiary/aromatic N) is 2. The van der Waals surface area contributed by atoms with Crippen LogP contribution in [0.2, 0.25) is 0 Å². The Hall–Kier alpha value is -2.59. The predicted octanol–water partition coefficient (Wildman–Crippen LogP) is 3.40. The maximum absolute atomic E-state index is 5.87. The van der Waals surface area contributed by atoms with Crippen molar-refractivity contribution in [1.29, 1.82) is 0 Å². The van der Waals surface area contributed by atoms with E-state index in [0.717, 1.165) is 23.4 Å². The molecule has 2 N–H and O–H groups in total. The first-order chi connectivity index (χ1) is 11.3. The molecule has 3 rings (SSSR count). The third-order valence-corrected chi connectivity index (χ3v) is 3.75. The van der Waals surface area contributed by atoms with E-state index in [1.165, 1.54) is 11.1 Å². The van der Waals surface area contributed by atoms with Crippen molar-refractivity contribution in [2.24, 2.45) is 5.73 Å². The van der Waals surface area contributed by atoms with Gasteiger partial charge in [0.2, 0.25) is 0 Å². The van der Waals surface area contributed by atoms with Crippen molar-refractivity contribution in [2.75, 3.05) is 6.54 Å². The highest BCUT2D eigenvalue weighted by molar-refractivity contribution is 5.66. The van der Waals surface area contributed by atoms with E-state index in [4.69, 9.17) is 10.5 Å². The van der Waals surface area contributed by atoms with Crippen LogP contribution in [0.3, 0.4) is 0 Å². The Balaban J connectivity index is 1.72. The minimum Gasteiger partial charge on any atom is -0.489 e. The first-order valence-corrected chi connectivity index (χ1v) is 7.76. The molecule has 0 radical (unpaired) electrons. The topological polar surface area (TPSA) is 53.1 Å². The third kappa shape index (κ3) is 3.79. The van der Waals surface area contributed by atoms with Gasteiger partial charge in [0.1, 0.15) is 12.4 Å². The molecule has 0 aliphatic carbocycles. The maximum Gasteiger partial charge on any atom is 0.120 e. The summed E-state index contributed by atoms with van der Waals surface area (Å²) in [4.78, 5) is 0. The molecule has 118 valence electrons. The monoisotopic (exact) mass is 307 g/mol. The van der Waals surface area contributed by atoms with Crippen LogP contribution < -0.4 is 10.5 Å². The maximum atomic E-state index is 5.87. The van der Waals surface area contributed by atoms with E-state index < -0.39 is 0 Å². The Kier molecular flexibility index (Phi) is 4.74. The molecule has 0 spiro atoms. The van der Waals surface area contributed by atoms with Crippen molar-refractivity contribution in [3.8, 4) is 16.9 Å². The highest BCUT2D eigenvalue weighted by Gasteiger charge is 2.06. The molecule has 0 amide bonds. The van der Waals surface area contributed by atoms with Crippen molar-refractivity contribution in [2.45, 2.75) is 20.1 Å². The van der Waals surface area contributed by atoms with Gasteiger partial charge in [0.15, 0.2) is 0 Å². The number of nitrogens with two attached hydrogens (primary N) is 1. The number of benzene rings is 2. The molecular formula is C19H21N3O. The van der Waals surface area contributed by atoms with E-state index in [2.05, 4.69) is 36.3 Å². The fourth-order valence-electron chi connectivity index (χ4n) is 2.55. The van der Waals surface area contributed by atoms with Gasteiger partial charge in [-0.3, -0.25) is 4.68 Å². The molecule has 0 unspecified atom stereocenters. The lowest BCUT2D eigenvalue weighted by Crippen LogP contribution is -2.09. The number of aromatic nitrogens is 2. The van der Waals surface area contributed by atoms with Gasteiger partial charge in [-0.2, -0.15) is 5.10 Å². The largest absolute Gasteiger partial charge is 0.489 e. The molecule has 2 aromatic carbocycles. The van der Waals surface area contributed by atoms with Gasteiger partial charge in [-0.15, -0.1) is 0 Å². The number of hydrogen-bond donors (Lipinski definition) is 1. The second kappa shape index (κ2) is 7.11. The van der Waals surface area contributed by atoms with Crippen LogP contribution in [0.4, 0.5) is 0 Å². The molecule has 0 atom stereocenters. The summed E-state index contributed by atoms with van der Waals surface area (Å²) in [6, 6.07) is 16.3. The first kappa shape index (κ1) is 15.3. The summed E-state index contributed by atoms with van der Waals surface area (Å²) >= 11 is 0. The van der Waals surface area contributed by atoms with E-state index >= 15 is 0 Å².